The number of aliphatic hydroxyl groups is 1. The van der Waals surface area contributed by atoms with Gasteiger partial charge < -0.3 is 9.84 Å². The van der Waals surface area contributed by atoms with Gasteiger partial charge in [0, 0.05) is 29.4 Å². The molecule has 0 saturated carbocycles. The molecule has 0 atom stereocenters. The van der Waals surface area contributed by atoms with Crippen LogP contribution in [0.1, 0.15) is 19.4 Å². The number of hydrogen-bond acceptors (Lipinski definition) is 3. The maximum Gasteiger partial charge on any atom is 0.132 e. The number of ether oxygens (including phenoxy) is 1. The highest BCUT2D eigenvalue weighted by Gasteiger charge is 2.12. The average Bonchev–Trinajstić information content (AvgIpc) is 2.85. The van der Waals surface area contributed by atoms with E-state index in [1.54, 1.807) is 7.11 Å². The van der Waals surface area contributed by atoms with E-state index in [-0.39, 0.29) is 6.61 Å². The Labute approximate surface area is 113 Å². The van der Waals surface area contributed by atoms with Crippen molar-refractivity contribution in [2.45, 2.75) is 27.0 Å². The molecule has 1 aromatic heterocycles. The molecule has 4 heteroatoms. The molecule has 1 aromatic carbocycles. The van der Waals surface area contributed by atoms with Crippen molar-refractivity contribution in [3.8, 4) is 16.9 Å². The quantitative estimate of drug-likeness (QED) is 0.899. The second kappa shape index (κ2) is 5.89. The maximum atomic E-state index is 9.34. The molecule has 1 heterocycles. The molecule has 102 valence electrons. The van der Waals surface area contributed by atoms with Gasteiger partial charge in [0.1, 0.15) is 5.75 Å². The SMILES string of the molecule is COc1c(CO)cccc1-c1cnn(CC(C)C)c1. The summed E-state index contributed by atoms with van der Waals surface area (Å²) < 4.78 is 7.35. The Morgan fingerprint density at radius 3 is 2.79 bits per heavy atom. The van der Waals surface area contributed by atoms with Gasteiger partial charge in [0.2, 0.25) is 0 Å². The third-order valence-electron chi connectivity index (χ3n) is 2.97. The van der Waals surface area contributed by atoms with Crippen LogP contribution in [0.25, 0.3) is 11.1 Å². The fourth-order valence-electron chi connectivity index (χ4n) is 2.15. The van der Waals surface area contributed by atoms with Crippen LogP contribution in [0.3, 0.4) is 0 Å². The van der Waals surface area contributed by atoms with Gasteiger partial charge >= 0.3 is 0 Å². The second-order valence-electron chi connectivity index (χ2n) is 5.00. The zero-order valence-corrected chi connectivity index (χ0v) is 11.6. The van der Waals surface area contributed by atoms with E-state index in [1.165, 1.54) is 0 Å². The summed E-state index contributed by atoms with van der Waals surface area (Å²) in [4.78, 5) is 0. The summed E-state index contributed by atoms with van der Waals surface area (Å²) in [5.41, 5.74) is 2.76. The Morgan fingerprint density at radius 1 is 1.37 bits per heavy atom. The van der Waals surface area contributed by atoms with E-state index in [2.05, 4.69) is 18.9 Å². The zero-order chi connectivity index (χ0) is 13.8. The van der Waals surface area contributed by atoms with Gasteiger partial charge in [-0.25, -0.2) is 0 Å². The van der Waals surface area contributed by atoms with Crippen molar-refractivity contribution in [3.63, 3.8) is 0 Å². The lowest BCUT2D eigenvalue weighted by Gasteiger charge is -2.10. The molecular weight excluding hydrogens is 240 g/mol. The first-order valence-corrected chi connectivity index (χ1v) is 6.45. The predicted molar refractivity (Wildman–Crippen MR) is 75.0 cm³/mol. The number of hydrogen-bond donors (Lipinski definition) is 1. The number of methoxy groups -OCH3 is 1. The molecule has 4 nitrogen and oxygen atoms in total. The van der Waals surface area contributed by atoms with Crippen molar-refractivity contribution in [1.82, 2.24) is 9.78 Å². The molecule has 0 unspecified atom stereocenters. The predicted octanol–water partition coefficient (Wildman–Crippen LogP) is 2.71. The summed E-state index contributed by atoms with van der Waals surface area (Å²) in [6, 6.07) is 5.76. The molecule has 1 N–H and O–H groups in total. The van der Waals surface area contributed by atoms with Crippen LogP contribution < -0.4 is 4.74 Å². The van der Waals surface area contributed by atoms with Crippen LogP contribution in [0.15, 0.2) is 30.6 Å². The lowest BCUT2D eigenvalue weighted by Crippen LogP contribution is -2.04. The first-order valence-electron chi connectivity index (χ1n) is 6.45. The minimum atomic E-state index is -0.0306. The smallest absolute Gasteiger partial charge is 0.132 e. The number of aliphatic hydroxyl groups excluding tert-OH is 1. The van der Waals surface area contributed by atoms with E-state index in [1.807, 2.05) is 35.3 Å². The van der Waals surface area contributed by atoms with E-state index in [9.17, 15) is 5.11 Å². The molecule has 19 heavy (non-hydrogen) atoms. The van der Waals surface area contributed by atoms with Crippen molar-refractivity contribution in [2.75, 3.05) is 7.11 Å². The number of rotatable bonds is 5. The Kier molecular flexibility index (Phi) is 4.22. The van der Waals surface area contributed by atoms with Crippen molar-refractivity contribution in [2.24, 2.45) is 5.92 Å². The number of benzene rings is 1. The van der Waals surface area contributed by atoms with Crippen molar-refractivity contribution in [3.05, 3.63) is 36.2 Å². The minimum absolute atomic E-state index is 0.0306. The average molecular weight is 260 g/mol. The van der Waals surface area contributed by atoms with Gasteiger partial charge in [0.15, 0.2) is 0 Å². The molecule has 0 aliphatic carbocycles. The standard InChI is InChI=1S/C15H20N2O2/c1-11(2)8-17-9-13(7-16-17)14-6-4-5-12(10-18)15(14)19-3/h4-7,9,11,18H,8,10H2,1-3H3. The summed E-state index contributed by atoms with van der Waals surface area (Å²) >= 11 is 0. The lowest BCUT2D eigenvalue weighted by molar-refractivity contribution is 0.274. The Balaban J connectivity index is 2.38. The molecule has 0 bridgehead atoms. The fraction of sp³-hybridized carbons (Fsp3) is 0.400. The van der Waals surface area contributed by atoms with Gasteiger partial charge in [-0.2, -0.15) is 5.10 Å². The Hall–Kier alpha value is -1.81. The van der Waals surface area contributed by atoms with Crippen LogP contribution in [-0.4, -0.2) is 22.0 Å². The zero-order valence-electron chi connectivity index (χ0n) is 11.6. The third-order valence-corrected chi connectivity index (χ3v) is 2.97. The molecule has 0 aliphatic rings. The first-order chi connectivity index (χ1) is 9.15. The summed E-state index contributed by atoms with van der Waals surface area (Å²) in [7, 11) is 1.62. The number of aromatic nitrogens is 2. The summed E-state index contributed by atoms with van der Waals surface area (Å²) in [5, 5.41) is 13.7. The normalized spacial score (nSPS) is 11.0. The van der Waals surface area contributed by atoms with Crippen molar-refractivity contribution < 1.29 is 9.84 Å². The Bertz CT molecular complexity index is 547. The molecule has 0 fully saturated rings. The largest absolute Gasteiger partial charge is 0.496 e. The molecule has 0 saturated heterocycles. The molecular formula is C15H20N2O2. The van der Waals surface area contributed by atoms with Gasteiger partial charge in [-0.3, -0.25) is 4.68 Å². The third kappa shape index (κ3) is 2.96. The lowest BCUT2D eigenvalue weighted by atomic mass is 10.0. The minimum Gasteiger partial charge on any atom is -0.496 e. The fourth-order valence-corrected chi connectivity index (χ4v) is 2.15. The van der Waals surface area contributed by atoms with Crippen LogP contribution in [0.2, 0.25) is 0 Å². The van der Waals surface area contributed by atoms with E-state index >= 15 is 0 Å². The van der Waals surface area contributed by atoms with Gasteiger partial charge in [0.05, 0.1) is 19.9 Å². The van der Waals surface area contributed by atoms with Gasteiger partial charge in [0.25, 0.3) is 0 Å². The second-order valence-corrected chi connectivity index (χ2v) is 5.00. The van der Waals surface area contributed by atoms with E-state index in [4.69, 9.17) is 4.74 Å². The number of para-hydroxylation sites is 1. The number of nitrogens with zero attached hydrogens (tertiary/aromatic N) is 2. The van der Waals surface area contributed by atoms with E-state index < -0.39 is 0 Å². The molecule has 0 aliphatic heterocycles. The highest BCUT2D eigenvalue weighted by molar-refractivity contribution is 5.71. The monoisotopic (exact) mass is 260 g/mol. The molecule has 2 aromatic rings. The van der Waals surface area contributed by atoms with Crippen molar-refractivity contribution in [1.29, 1.82) is 0 Å². The van der Waals surface area contributed by atoms with Gasteiger partial charge in [-0.1, -0.05) is 32.0 Å². The topological polar surface area (TPSA) is 47.3 Å². The van der Waals surface area contributed by atoms with E-state index in [0.717, 1.165) is 23.2 Å². The maximum absolute atomic E-state index is 9.34. The van der Waals surface area contributed by atoms with E-state index in [0.29, 0.717) is 11.7 Å². The van der Waals surface area contributed by atoms with Crippen molar-refractivity contribution >= 4 is 0 Å². The van der Waals surface area contributed by atoms with Crippen LogP contribution in [0.4, 0.5) is 0 Å². The summed E-state index contributed by atoms with van der Waals surface area (Å²) in [6.07, 6.45) is 3.85. The first kappa shape index (κ1) is 13.6. The van der Waals surface area contributed by atoms with Gasteiger partial charge in [-0.15, -0.1) is 0 Å². The highest BCUT2D eigenvalue weighted by atomic mass is 16.5. The highest BCUT2D eigenvalue weighted by Crippen LogP contribution is 2.32. The van der Waals surface area contributed by atoms with Crippen LogP contribution in [0.5, 0.6) is 5.75 Å². The molecule has 0 amide bonds. The summed E-state index contributed by atoms with van der Waals surface area (Å²) in [6.45, 7) is 5.18. The van der Waals surface area contributed by atoms with Crippen LogP contribution >= 0.6 is 0 Å². The Morgan fingerprint density at radius 2 is 2.16 bits per heavy atom. The van der Waals surface area contributed by atoms with Crippen LogP contribution in [-0.2, 0) is 13.2 Å². The molecule has 2 rings (SSSR count). The summed E-state index contributed by atoms with van der Waals surface area (Å²) in [5.74, 6) is 1.27. The molecule has 0 radical (unpaired) electrons. The van der Waals surface area contributed by atoms with Gasteiger partial charge in [-0.05, 0) is 5.92 Å². The molecule has 0 spiro atoms. The van der Waals surface area contributed by atoms with Crippen LogP contribution in [0, 0.1) is 5.92 Å².